The lowest BCUT2D eigenvalue weighted by Crippen LogP contribution is -2.39. The Kier molecular flexibility index (Phi) is 29.3. The van der Waals surface area contributed by atoms with Gasteiger partial charge in [-0.25, -0.2) is 0 Å². The van der Waals surface area contributed by atoms with Crippen molar-refractivity contribution in [3.63, 3.8) is 0 Å². The molecule has 0 saturated carbocycles. The lowest BCUT2D eigenvalue weighted by Gasteiger charge is -2.22. The average Bonchev–Trinajstić information content (AvgIpc) is 2.91. The van der Waals surface area contributed by atoms with Crippen LogP contribution in [0.2, 0.25) is 0 Å². The Hall–Kier alpha value is -0.370. The van der Waals surface area contributed by atoms with Crippen molar-refractivity contribution >= 4 is 5.78 Å². The number of unbranched alkanes of at least 4 members (excludes halogenated alkanes) is 24. The van der Waals surface area contributed by atoms with E-state index >= 15 is 0 Å². The fourth-order valence-corrected chi connectivity index (χ4v) is 5.85. The number of carbonyl (C=O) groups is 1. The molecule has 0 aliphatic carbocycles. The highest BCUT2D eigenvalue weighted by molar-refractivity contribution is 5.86. The van der Waals surface area contributed by atoms with Gasteiger partial charge < -0.3 is 5.73 Å². The van der Waals surface area contributed by atoms with E-state index < -0.39 is 0 Å². The smallest absolute Gasteiger partial charge is 0.152 e. The predicted molar refractivity (Wildman–Crippen MR) is 172 cm³/mol. The molecule has 0 aliphatic rings. The van der Waals surface area contributed by atoms with Crippen molar-refractivity contribution in [2.45, 2.75) is 214 Å². The summed E-state index contributed by atoms with van der Waals surface area (Å²) in [4.78, 5) is 13.1. The van der Waals surface area contributed by atoms with Crippen LogP contribution in [0, 0.1) is 11.8 Å². The molecule has 0 aromatic heterocycles. The van der Waals surface area contributed by atoms with E-state index in [9.17, 15) is 4.79 Å². The van der Waals surface area contributed by atoms with Gasteiger partial charge in [0.1, 0.15) is 0 Å². The Bertz CT molecular complexity index is 474. The van der Waals surface area contributed by atoms with Crippen molar-refractivity contribution in [2.75, 3.05) is 0 Å². The fourth-order valence-electron chi connectivity index (χ4n) is 5.85. The van der Waals surface area contributed by atoms with E-state index in [2.05, 4.69) is 27.7 Å². The zero-order chi connectivity index (χ0) is 28.1. The van der Waals surface area contributed by atoms with Crippen molar-refractivity contribution in [3.8, 4) is 0 Å². The summed E-state index contributed by atoms with van der Waals surface area (Å²) in [5, 5.41) is 0. The van der Waals surface area contributed by atoms with E-state index in [1.165, 1.54) is 167 Å². The first-order valence-electron chi connectivity index (χ1n) is 17.8. The van der Waals surface area contributed by atoms with Gasteiger partial charge in [0.25, 0.3) is 0 Å². The van der Waals surface area contributed by atoms with Crippen LogP contribution in [0.15, 0.2) is 0 Å². The standard InChI is InChI=1S/C36H73NO/c1-5-7-9-11-13-15-17-19-20-22-24-26-28-30-32-34(36(38)35(37)33(3)4)31-29-27-25-23-21-18-16-14-12-10-8-6-2/h33-35H,5-32,37H2,1-4H3. The van der Waals surface area contributed by atoms with Crippen LogP contribution in [-0.4, -0.2) is 11.8 Å². The van der Waals surface area contributed by atoms with Crippen LogP contribution in [0.25, 0.3) is 0 Å². The van der Waals surface area contributed by atoms with Gasteiger partial charge in [-0.2, -0.15) is 0 Å². The van der Waals surface area contributed by atoms with Gasteiger partial charge in [-0.05, 0) is 18.8 Å². The second-order valence-electron chi connectivity index (χ2n) is 12.9. The first-order valence-corrected chi connectivity index (χ1v) is 17.8. The number of Topliss-reactive ketones (excluding diaryl/α,β-unsaturated/α-hetero) is 1. The van der Waals surface area contributed by atoms with Crippen molar-refractivity contribution in [1.82, 2.24) is 0 Å². The Morgan fingerprint density at radius 3 is 0.921 bits per heavy atom. The monoisotopic (exact) mass is 536 g/mol. The number of rotatable bonds is 31. The van der Waals surface area contributed by atoms with Crippen molar-refractivity contribution in [2.24, 2.45) is 17.6 Å². The first-order chi connectivity index (χ1) is 18.5. The number of hydrogen-bond donors (Lipinski definition) is 1. The molecule has 0 spiro atoms. The minimum atomic E-state index is -0.274. The molecule has 0 aromatic carbocycles. The summed E-state index contributed by atoms with van der Waals surface area (Å²) in [5.41, 5.74) is 6.30. The van der Waals surface area contributed by atoms with E-state index in [4.69, 9.17) is 5.73 Å². The van der Waals surface area contributed by atoms with Crippen LogP contribution in [0.1, 0.15) is 207 Å². The zero-order valence-corrected chi connectivity index (χ0v) is 27.0. The van der Waals surface area contributed by atoms with Gasteiger partial charge in [-0.15, -0.1) is 0 Å². The van der Waals surface area contributed by atoms with Crippen molar-refractivity contribution < 1.29 is 4.79 Å². The van der Waals surface area contributed by atoms with E-state index in [-0.39, 0.29) is 17.9 Å². The third-order valence-electron chi connectivity index (χ3n) is 8.76. The molecule has 0 radical (unpaired) electrons. The van der Waals surface area contributed by atoms with Gasteiger partial charge in [0, 0.05) is 5.92 Å². The van der Waals surface area contributed by atoms with Crippen LogP contribution >= 0.6 is 0 Å². The SMILES string of the molecule is CCCCCCCCCCCCCCCCC(CCCCCCCCCCCCCC)C(=O)C(N)C(C)C. The third kappa shape index (κ3) is 24.7. The molecule has 2 unspecified atom stereocenters. The highest BCUT2D eigenvalue weighted by Crippen LogP contribution is 2.23. The molecule has 0 amide bonds. The topological polar surface area (TPSA) is 43.1 Å². The van der Waals surface area contributed by atoms with Gasteiger partial charge in [0.2, 0.25) is 0 Å². The first kappa shape index (κ1) is 37.6. The predicted octanol–water partition coefficient (Wildman–Crippen LogP) is 12.1. The number of ketones is 1. The molecular formula is C36H73NO. The van der Waals surface area contributed by atoms with E-state index in [0.717, 1.165) is 12.8 Å². The maximum atomic E-state index is 13.1. The Labute approximate surface area is 241 Å². The molecule has 228 valence electrons. The Morgan fingerprint density at radius 2 is 0.684 bits per heavy atom. The van der Waals surface area contributed by atoms with Gasteiger partial charge in [0.05, 0.1) is 6.04 Å². The summed E-state index contributed by atoms with van der Waals surface area (Å²) in [6.07, 6.45) is 38.0. The van der Waals surface area contributed by atoms with Gasteiger partial charge in [-0.1, -0.05) is 195 Å². The van der Waals surface area contributed by atoms with Crippen molar-refractivity contribution in [3.05, 3.63) is 0 Å². The van der Waals surface area contributed by atoms with Crippen LogP contribution in [0.5, 0.6) is 0 Å². The van der Waals surface area contributed by atoms with E-state index in [1.54, 1.807) is 0 Å². The van der Waals surface area contributed by atoms with Crippen LogP contribution in [0.3, 0.4) is 0 Å². The number of nitrogens with two attached hydrogens (primary N) is 1. The van der Waals surface area contributed by atoms with Crippen LogP contribution in [-0.2, 0) is 4.79 Å². The minimum Gasteiger partial charge on any atom is -0.321 e. The highest BCUT2D eigenvalue weighted by Gasteiger charge is 2.25. The van der Waals surface area contributed by atoms with E-state index in [0.29, 0.717) is 5.78 Å². The molecule has 38 heavy (non-hydrogen) atoms. The number of carbonyl (C=O) groups excluding carboxylic acids is 1. The maximum Gasteiger partial charge on any atom is 0.152 e. The second-order valence-corrected chi connectivity index (χ2v) is 12.9. The quantitative estimate of drug-likeness (QED) is 0.0897. The zero-order valence-electron chi connectivity index (χ0n) is 27.0. The highest BCUT2D eigenvalue weighted by atomic mass is 16.1. The summed E-state index contributed by atoms with van der Waals surface area (Å²) in [7, 11) is 0. The normalized spacial score (nSPS) is 13.3. The largest absolute Gasteiger partial charge is 0.321 e. The van der Waals surface area contributed by atoms with Gasteiger partial charge in [0.15, 0.2) is 5.78 Å². The van der Waals surface area contributed by atoms with Gasteiger partial charge >= 0.3 is 0 Å². The Morgan fingerprint density at radius 1 is 0.447 bits per heavy atom. The summed E-state index contributed by atoms with van der Waals surface area (Å²) >= 11 is 0. The van der Waals surface area contributed by atoms with Crippen LogP contribution < -0.4 is 5.73 Å². The molecule has 2 atom stereocenters. The molecule has 0 aliphatic heterocycles. The summed E-state index contributed by atoms with van der Waals surface area (Å²) < 4.78 is 0. The maximum absolute atomic E-state index is 13.1. The average molecular weight is 536 g/mol. The third-order valence-corrected chi connectivity index (χ3v) is 8.76. The Balaban J connectivity index is 3.87. The molecule has 0 rings (SSSR count). The molecule has 0 bridgehead atoms. The molecule has 0 heterocycles. The molecule has 0 saturated heterocycles. The summed E-state index contributed by atoms with van der Waals surface area (Å²) in [6, 6.07) is -0.274. The number of hydrogen-bond acceptors (Lipinski definition) is 2. The van der Waals surface area contributed by atoms with Crippen LogP contribution in [0.4, 0.5) is 0 Å². The molecule has 0 aromatic rings. The van der Waals surface area contributed by atoms with Crippen molar-refractivity contribution in [1.29, 1.82) is 0 Å². The molecular weight excluding hydrogens is 462 g/mol. The molecule has 2 N–H and O–H groups in total. The lowest BCUT2D eigenvalue weighted by atomic mass is 9.84. The van der Waals surface area contributed by atoms with Gasteiger partial charge in [-0.3, -0.25) is 4.79 Å². The fraction of sp³-hybridized carbons (Fsp3) is 0.972. The summed E-state index contributed by atoms with van der Waals surface area (Å²) in [6.45, 7) is 8.77. The summed E-state index contributed by atoms with van der Waals surface area (Å²) in [5.74, 6) is 0.800. The van der Waals surface area contributed by atoms with E-state index in [1.807, 2.05) is 0 Å². The molecule has 2 nitrogen and oxygen atoms in total. The minimum absolute atomic E-state index is 0.202. The second kappa shape index (κ2) is 29.6. The molecule has 2 heteroatoms. The molecule has 0 fully saturated rings. The lowest BCUT2D eigenvalue weighted by molar-refractivity contribution is -0.125.